The van der Waals surface area contributed by atoms with E-state index < -0.39 is 0 Å². The first-order valence-corrected chi connectivity index (χ1v) is 5.78. The molecular weight excluding hydrogens is 229 g/mol. The monoisotopic (exact) mass is 245 g/mol. The van der Waals surface area contributed by atoms with Crippen LogP contribution in [-0.4, -0.2) is 17.8 Å². The van der Waals surface area contributed by atoms with Crippen LogP contribution in [0.1, 0.15) is 31.9 Å². The Morgan fingerprint density at radius 1 is 1.50 bits per heavy atom. The molecule has 0 aliphatic carbocycles. The van der Waals surface area contributed by atoms with Crippen LogP contribution in [0.25, 0.3) is 0 Å². The molecule has 0 aliphatic rings. The van der Waals surface area contributed by atoms with Gasteiger partial charge in [0.2, 0.25) is 0 Å². The van der Waals surface area contributed by atoms with Gasteiger partial charge in [-0.2, -0.15) is 0 Å². The maximum absolute atomic E-state index is 13.6. The maximum atomic E-state index is 13.6. The van der Waals surface area contributed by atoms with Crippen LogP contribution in [0.4, 0.5) is 4.39 Å². The van der Waals surface area contributed by atoms with Crippen molar-refractivity contribution >= 4 is 11.6 Å². The Bertz CT molecular complexity index is 346. The third kappa shape index (κ3) is 3.44. The van der Waals surface area contributed by atoms with Gasteiger partial charge in [-0.25, -0.2) is 4.39 Å². The van der Waals surface area contributed by atoms with Gasteiger partial charge in [-0.15, -0.1) is 0 Å². The van der Waals surface area contributed by atoms with Crippen LogP contribution >= 0.6 is 11.6 Å². The summed E-state index contributed by atoms with van der Waals surface area (Å²) in [7, 11) is 0. The number of hydrogen-bond donors (Lipinski definition) is 2. The van der Waals surface area contributed by atoms with Gasteiger partial charge in [0.05, 0.1) is 12.6 Å². The summed E-state index contributed by atoms with van der Waals surface area (Å²) in [5, 5.41) is 12.8. The zero-order valence-corrected chi connectivity index (χ0v) is 10.3. The molecule has 0 bridgehead atoms. The fourth-order valence-corrected chi connectivity index (χ4v) is 1.65. The van der Waals surface area contributed by atoms with Crippen LogP contribution in [0.15, 0.2) is 18.2 Å². The molecule has 0 saturated heterocycles. The van der Waals surface area contributed by atoms with Gasteiger partial charge in [-0.1, -0.05) is 24.6 Å². The van der Waals surface area contributed by atoms with Crippen molar-refractivity contribution in [3.8, 4) is 0 Å². The van der Waals surface area contributed by atoms with Gasteiger partial charge in [-0.05, 0) is 25.5 Å². The highest BCUT2D eigenvalue weighted by Crippen LogP contribution is 2.21. The summed E-state index contributed by atoms with van der Waals surface area (Å²) in [5.74, 6) is -0.387. The van der Waals surface area contributed by atoms with E-state index in [2.05, 4.69) is 5.32 Å². The third-order valence-corrected chi connectivity index (χ3v) is 2.85. The minimum absolute atomic E-state index is 0.136. The third-order valence-electron chi connectivity index (χ3n) is 2.62. The number of nitrogens with one attached hydrogen (secondary N) is 1. The highest BCUT2D eigenvalue weighted by atomic mass is 35.5. The van der Waals surface area contributed by atoms with E-state index in [0.717, 1.165) is 6.42 Å². The first kappa shape index (κ1) is 13.4. The molecule has 16 heavy (non-hydrogen) atoms. The van der Waals surface area contributed by atoms with Crippen LogP contribution in [0, 0.1) is 5.82 Å². The molecule has 2 N–H and O–H groups in total. The van der Waals surface area contributed by atoms with Crippen molar-refractivity contribution < 1.29 is 9.50 Å². The number of aliphatic hydroxyl groups excluding tert-OH is 1. The van der Waals surface area contributed by atoms with Gasteiger partial charge in [0.15, 0.2) is 0 Å². The second kappa shape index (κ2) is 6.18. The number of halogens is 2. The predicted octanol–water partition coefficient (Wildman–Crippen LogP) is 2.90. The van der Waals surface area contributed by atoms with Gasteiger partial charge in [0.1, 0.15) is 5.82 Å². The lowest BCUT2D eigenvalue weighted by Gasteiger charge is -2.21. The molecule has 0 amide bonds. The average Bonchev–Trinajstić information content (AvgIpc) is 2.26. The molecule has 0 spiro atoms. The topological polar surface area (TPSA) is 32.3 Å². The van der Waals surface area contributed by atoms with Crippen LogP contribution in [0.5, 0.6) is 0 Å². The maximum Gasteiger partial charge on any atom is 0.129 e. The van der Waals surface area contributed by atoms with Crippen LogP contribution in [-0.2, 0) is 0 Å². The van der Waals surface area contributed by atoms with Crippen molar-refractivity contribution in [3.05, 3.63) is 34.6 Å². The van der Waals surface area contributed by atoms with Crippen molar-refractivity contribution in [2.45, 2.75) is 32.4 Å². The Kier molecular flexibility index (Phi) is 5.19. The molecule has 0 radical (unpaired) electrons. The highest BCUT2D eigenvalue weighted by molar-refractivity contribution is 6.30. The van der Waals surface area contributed by atoms with Crippen molar-refractivity contribution in [2.75, 3.05) is 6.61 Å². The number of aliphatic hydroxyl groups is 1. The van der Waals surface area contributed by atoms with Crippen molar-refractivity contribution in [3.63, 3.8) is 0 Å². The van der Waals surface area contributed by atoms with Crippen molar-refractivity contribution in [1.29, 1.82) is 0 Å². The lowest BCUT2D eigenvalue weighted by molar-refractivity contribution is 0.231. The molecule has 1 aromatic rings. The Morgan fingerprint density at radius 3 is 2.69 bits per heavy atom. The predicted molar refractivity (Wildman–Crippen MR) is 64.1 cm³/mol. The second-order valence-corrected chi connectivity index (χ2v) is 4.31. The normalized spacial score (nSPS) is 14.8. The summed E-state index contributed by atoms with van der Waals surface area (Å²) < 4.78 is 13.6. The highest BCUT2D eigenvalue weighted by Gasteiger charge is 2.16. The number of hydrogen-bond acceptors (Lipinski definition) is 2. The summed E-state index contributed by atoms with van der Waals surface area (Å²) in [4.78, 5) is 0. The van der Waals surface area contributed by atoms with E-state index in [1.807, 2.05) is 13.8 Å². The molecule has 90 valence electrons. The molecule has 0 fully saturated rings. The largest absolute Gasteiger partial charge is 0.394 e. The zero-order valence-electron chi connectivity index (χ0n) is 9.50. The van der Waals surface area contributed by atoms with E-state index in [4.69, 9.17) is 11.6 Å². The van der Waals surface area contributed by atoms with Gasteiger partial charge >= 0.3 is 0 Å². The van der Waals surface area contributed by atoms with Gasteiger partial charge in [0, 0.05) is 16.6 Å². The SMILES string of the molecule is CCC(C)NC(CO)c1ccc(Cl)cc1F. The first-order chi connectivity index (χ1) is 7.58. The molecule has 4 heteroatoms. The minimum atomic E-state index is -0.387. The first-order valence-electron chi connectivity index (χ1n) is 5.40. The Balaban J connectivity index is 2.86. The van der Waals surface area contributed by atoms with Crippen LogP contribution < -0.4 is 5.32 Å². The van der Waals surface area contributed by atoms with Gasteiger partial charge < -0.3 is 10.4 Å². The summed E-state index contributed by atoms with van der Waals surface area (Å²) >= 11 is 5.67. The van der Waals surface area contributed by atoms with Crippen LogP contribution in [0.3, 0.4) is 0 Å². The fraction of sp³-hybridized carbons (Fsp3) is 0.500. The molecule has 2 nitrogen and oxygen atoms in total. The second-order valence-electron chi connectivity index (χ2n) is 3.88. The van der Waals surface area contributed by atoms with Crippen molar-refractivity contribution in [1.82, 2.24) is 5.32 Å². The van der Waals surface area contributed by atoms with E-state index in [1.165, 1.54) is 6.07 Å². The fourth-order valence-electron chi connectivity index (χ4n) is 1.49. The Morgan fingerprint density at radius 2 is 2.19 bits per heavy atom. The zero-order chi connectivity index (χ0) is 12.1. The quantitative estimate of drug-likeness (QED) is 0.836. The molecule has 0 aromatic heterocycles. The molecular formula is C12H17ClFNO. The average molecular weight is 246 g/mol. The number of benzene rings is 1. The van der Waals surface area contributed by atoms with E-state index in [0.29, 0.717) is 10.6 Å². The number of rotatable bonds is 5. The van der Waals surface area contributed by atoms with Gasteiger partial charge in [0.25, 0.3) is 0 Å². The molecule has 2 atom stereocenters. The summed E-state index contributed by atoms with van der Waals surface area (Å²) in [6.45, 7) is 3.89. The molecule has 2 unspecified atom stereocenters. The minimum Gasteiger partial charge on any atom is -0.394 e. The van der Waals surface area contributed by atoms with E-state index in [-0.39, 0.29) is 24.5 Å². The smallest absolute Gasteiger partial charge is 0.129 e. The van der Waals surface area contributed by atoms with Crippen molar-refractivity contribution in [2.24, 2.45) is 0 Å². The Labute approximate surface area is 100 Å². The summed E-state index contributed by atoms with van der Waals surface area (Å²) in [6, 6.07) is 4.34. The van der Waals surface area contributed by atoms with Gasteiger partial charge in [-0.3, -0.25) is 0 Å². The molecule has 0 aliphatic heterocycles. The molecule has 0 saturated carbocycles. The lowest BCUT2D eigenvalue weighted by atomic mass is 10.1. The Hall–Kier alpha value is -0.640. The summed E-state index contributed by atoms with van der Waals surface area (Å²) in [5.41, 5.74) is 0.451. The molecule has 0 heterocycles. The van der Waals surface area contributed by atoms with E-state index in [1.54, 1.807) is 12.1 Å². The lowest BCUT2D eigenvalue weighted by Crippen LogP contribution is -2.32. The van der Waals surface area contributed by atoms with E-state index >= 15 is 0 Å². The summed E-state index contributed by atoms with van der Waals surface area (Å²) in [6.07, 6.45) is 0.922. The van der Waals surface area contributed by atoms with Crippen LogP contribution in [0.2, 0.25) is 5.02 Å². The molecule has 1 rings (SSSR count). The van der Waals surface area contributed by atoms with E-state index in [9.17, 15) is 9.50 Å². The molecule has 1 aromatic carbocycles. The standard InChI is InChI=1S/C12H17ClFNO/c1-3-8(2)15-12(7-16)10-5-4-9(13)6-11(10)14/h4-6,8,12,15-16H,3,7H2,1-2H3.